The van der Waals surface area contributed by atoms with Gasteiger partial charge in [-0.05, 0) is 106 Å². The van der Waals surface area contributed by atoms with Gasteiger partial charge < -0.3 is 24.8 Å². The summed E-state index contributed by atoms with van der Waals surface area (Å²) in [6, 6.07) is 10.7. The second kappa shape index (κ2) is 14.0. The first-order valence-corrected chi connectivity index (χ1v) is 20.3. The monoisotopic (exact) mass is 747 g/mol. The van der Waals surface area contributed by atoms with Crippen LogP contribution in [0.25, 0.3) is 22.3 Å². The van der Waals surface area contributed by atoms with E-state index in [4.69, 9.17) is 9.05 Å². The van der Waals surface area contributed by atoms with Crippen LogP contribution in [0.15, 0.2) is 39.4 Å². The van der Waals surface area contributed by atoms with Crippen LogP contribution in [0, 0.1) is 39.5 Å². The molecule has 4 N–H and O–H groups in total. The summed E-state index contributed by atoms with van der Waals surface area (Å²) in [6.07, 6.45) is 8.39. The largest absolute Gasteiger partial charge is 0.395 e. The van der Waals surface area contributed by atoms with Crippen LogP contribution in [0.4, 0.5) is 11.4 Å². The van der Waals surface area contributed by atoms with E-state index < -0.39 is 11.1 Å². The lowest BCUT2D eigenvalue weighted by molar-refractivity contribution is -0.134. The number of piperazine rings is 1. The molecule has 5 heterocycles. The molecule has 2 aromatic carbocycles. The number of rotatable bonds is 10. The topological polar surface area (TPSA) is 149 Å². The van der Waals surface area contributed by atoms with Crippen molar-refractivity contribution in [2.75, 3.05) is 50.0 Å². The molecule has 3 fully saturated rings. The minimum atomic E-state index is -0.920. The molecule has 9 rings (SSSR count). The Bertz CT molecular complexity index is 2100. The second-order valence-corrected chi connectivity index (χ2v) is 16.6. The Labute approximate surface area is 322 Å². The highest BCUT2D eigenvalue weighted by Crippen LogP contribution is 2.53. The van der Waals surface area contributed by atoms with Crippen LogP contribution in [0.1, 0.15) is 91.0 Å². The maximum absolute atomic E-state index is 14.5. The molecule has 2 aromatic heterocycles. The van der Waals surface area contributed by atoms with Gasteiger partial charge in [-0.1, -0.05) is 42.1 Å². The Morgan fingerprint density at radius 1 is 0.782 bits per heavy atom. The lowest BCUT2D eigenvalue weighted by atomic mass is 9.75. The Morgan fingerprint density at radius 2 is 1.40 bits per heavy atom. The van der Waals surface area contributed by atoms with Crippen LogP contribution in [-0.2, 0) is 27.2 Å². The molecule has 12 heteroatoms. The number of aliphatic hydroxyl groups excluding tert-OH is 1. The lowest BCUT2D eigenvalue weighted by Crippen LogP contribution is -2.61. The third-order valence-corrected chi connectivity index (χ3v) is 13.6. The molecule has 2 aliphatic carbocycles. The second-order valence-electron chi connectivity index (χ2n) is 16.6. The normalized spacial score (nSPS) is 24.8. The van der Waals surface area contributed by atoms with Crippen LogP contribution in [0.5, 0.6) is 0 Å². The van der Waals surface area contributed by atoms with Gasteiger partial charge in [-0.25, -0.2) is 0 Å². The fourth-order valence-electron chi connectivity index (χ4n) is 11.2. The van der Waals surface area contributed by atoms with Crippen molar-refractivity contribution >= 4 is 23.2 Å². The molecule has 5 aliphatic rings. The predicted molar refractivity (Wildman–Crippen MR) is 209 cm³/mol. The third kappa shape index (κ3) is 5.62. The van der Waals surface area contributed by atoms with Gasteiger partial charge in [-0.2, -0.15) is 0 Å². The molecule has 2 unspecified atom stereocenters. The number of carbonyl (C=O) groups is 2. The Balaban J connectivity index is 1.06. The van der Waals surface area contributed by atoms with Crippen LogP contribution < -0.4 is 16.0 Å². The van der Waals surface area contributed by atoms with Gasteiger partial charge in [0.25, 0.3) is 0 Å². The van der Waals surface area contributed by atoms with E-state index in [2.05, 4.69) is 66.4 Å². The molecular weight excluding hydrogens is 695 g/mol. The third-order valence-electron chi connectivity index (χ3n) is 13.6. The quantitative estimate of drug-likeness (QED) is 0.146. The standard InChI is InChI=1S/C43H53N7O5/c1-25-37(27(3)54-47-25)29-13-14-36-34(22-29)43(41(53)45-36,33-11-7-8-12-33)50-18-16-49(17-19-50)24-31-21-30(38-26(2)48-55-28(38)4)23-35-39(31)46-40(52)42(35,44-15-20-51)32-9-5-6-10-32/h13-14,21-23,32-33,44,51H,5-12,15-20,24H2,1-4H3,(H,45,53)(H,46,52). The van der Waals surface area contributed by atoms with E-state index in [0.29, 0.717) is 13.1 Å². The summed E-state index contributed by atoms with van der Waals surface area (Å²) in [5.41, 5.74) is 8.82. The molecule has 0 spiro atoms. The van der Waals surface area contributed by atoms with Crippen molar-refractivity contribution in [1.29, 1.82) is 0 Å². The van der Waals surface area contributed by atoms with E-state index in [9.17, 15) is 14.7 Å². The number of nitrogens with zero attached hydrogens (tertiary/aromatic N) is 4. The molecule has 290 valence electrons. The van der Waals surface area contributed by atoms with E-state index in [0.717, 1.165) is 151 Å². The lowest BCUT2D eigenvalue weighted by Gasteiger charge is -2.47. The van der Waals surface area contributed by atoms with E-state index >= 15 is 0 Å². The highest BCUT2D eigenvalue weighted by molar-refractivity contribution is 6.08. The minimum Gasteiger partial charge on any atom is -0.395 e. The SMILES string of the molecule is Cc1noc(C)c1-c1cc(CN2CCN(C3(C4CCCC4)C(=O)Nc4ccc(-c5c(C)noc5C)cc43)CC2)c2c(c1)C(NCCO)(C1CCCC1)C(=O)N2. The van der Waals surface area contributed by atoms with Crippen molar-refractivity contribution in [1.82, 2.24) is 25.4 Å². The van der Waals surface area contributed by atoms with Crippen molar-refractivity contribution in [3.8, 4) is 22.3 Å². The number of hydrogen-bond donors (Lipinski definition) is 4. The van der Waals surface area contributed by atoms with Crippen molar-refractivity contribution in [2.45, 2.75) is 96.7 Å². The molecule has 2 saturated carbocycles. The minimum absolute atomic E-state index is 0.0368. The van der Waals surface area contributed by atoms with Crippen molar-refractivity contribution in [2.24, 2.45) is 11.8 Å². The summed E-state index contributed by atoms with van der Waals surface area (Å²) in [6.45, 7) is 11.8. The van der Waals surface area contributed by atoms with Gasteiger partial charge in [-0.3, -0.25) is 24.7 Å². The maximum atomic E-state index is 14.5. The Hall–Kier alpha value is -4.36. The fraction of sp³-hybridized carbons (Fsp3) is 0.535. The zero-order chi connectivity index (χ0) is 38.1. The van der Waals surface area contributed by atoms with Gasteiger partial charge in [0.05, 0.1) is 23.7 Å². The summed E-state index contributed by atoms with van der Waals surface area (Å²) in [7, 11) is 0. The first-order valence-electron chi connectivity index (χ1n) is 20.3. The van der Waals surface area contributed by atoms with Gasteiger partial charge in [0.1, 0.15) is 22.6 Å². The fourth-order valence-corrected chi connectivity index (χ4v) is 11.2. The van der Waals surface area contributed by atoms with Crippen LogP contribution in [0.3, 0.4) is 0 Å². The van der Waals surface area contributed by atoms with Gasteiger partial charge in [-0.15, -0.1) is 0 Å². The van der Waals surface area contributed by atoms with Crippen molar-refractivity contribution in [3.63, 3.8) is 0 Å². The van der Waals surface area contributed by atoms with Crippen LogP contribution in [0.2, 0.25) is 0 Å². The Morgan fingerprint density at radius 3 is 2.02 bits per heavy atom. The molecular formula is C43H53N7O5. The van der Waals surface area contributed by atoms with Crippen molar-refractivity contribution < 1.29 is 23.7 Å². The first-order chi connectivity index (χ1) is 26.7. The Kier molecular flexibility index (Phi) is 9.23. The summed E-state index contributed by atoms with van der Waals surface area (Å²) >= 11 is 0. The molecule has 12 nitrogen and oxygen atoms in total. The van der Waals surface area contributed by atoms with Gasteiger partial charge in [0.15, 0.2) is 0 Å². The average Bonchev–Trinajstić information content (AvgIpc) is 4.04. The number of amides is 2. The highest BCUT2D eigenvalue weighted by atomic mass is 16.5. The number of aryl methyl sites for hydroxylation is 4. The number of carbonyl (C=O) groups excluding carboxylic acids is 2. The molecule has 2 atom stereocenters. The molecule has 3 aliphatic heterocycles. The molecule has 0 bridgehead atoms. The summed E-state index contributed by atoms with van der Waals surface area (Å²) in [5, 5.41) is 28.7. The number of aromatic nitrogens is 2. The zero-order valence-corrected chi connectivity index (χ0v) is 32.5. The number of aliphatic hydroxyl groups is 1. The average molecular weight is 748 g/mol. The molecule has 2 amide bonds. The molecule has 55 heavy (non-hydrogen) atoms. The number of anilines is 2. The van der Waals surface area contributed by atoms with Crippen LogP contribution in [-0.4, -0.2) is 76.4 Å². The zero-order valence-electron chi connectivity index (χ0n) is 32.5. The summed E-state index contributed by atoms with van der Waals surface area (Å²) in [4.78, 5) is 33.7. The summed E-state index contributed by atoms with van der Waals surface area (Å²) in [5.74, 6) is 1.92. The van der Waals surface area contributed by atoms with Gasteiger partial charge in [0, 0.05) is 67.2 Å². The maximum Gasteiger partial charge on any atom is 0.249 e. The van der Waals surface area contributed by atoms with E-state index in [-0.39, 0.29) is 30.3 Å². The molecule has 0 radical (unpaired) electrons. The highest BCUT2D eigenvalue weighted by Gasteiger charge is 2.57. The summed E-state index contributed by atoms with van der Waals surface area (Å²) < 4.78 is 11.2. The number of nitrogens with one attached hydrogen (secondary N) is 3. The van der Waals surface area contributed by atoms with Crippen molar-refractivity contribution in [3.05, 3.63) is 69.9 Å². The van der Waals surface area contributed by atoms with Gasteiger partial charge >= 0.3 is 0 Å². The van der Waals surface area contributed by atoms with Crippen LogP contribution >= 0.6 is 0 Å². The van der Waals surface area contributed by atoms with E-state index in [1.54, 1.807) is 0 Å². The smallest absolute Gasteiger partial charge is 0.249 e. The number of hydrogen-bond acceptors (Lipinski definition) is 10. The molecule has 4 aromatic rings. The molecule has 1 saturated heterocycles. The first kappa shape index (κ1) is 36.3. The van der Waals surface area contributed by atoms with E-state index in [1.807, 2.05) is 27.7 Å². The van der Waals surface area contributed by atoms with Gasteiger partial charge in [0.2, 0.25) is 11.8 Å². The number of benzene rings is 2. The number of fused-ring (bicyclic) bond motifs is 2. The van der Waals surface area contributed by atoms with E-state index in [1.165, 1.54) is 0 Å². The predicted octanol–water partition coefficient (Wildman–Crippen LogP) is 6.31.